The quantitative estimate of drug-likeness (QED) is 0.762. The number of anilines is 1. The number of halogens is 2. The van der Waals surface area contributed by atoms with Crippen LogP contribution in [0.25, 0.3) is 0 Å². The molecule has 1 heterocycles. The summed E-state index contributed by atoms with van der Waals surface area (Å²) in [7, 11) is 0. The topological polar surface area (TPSA) is 49.4 Å². The molecule has 1 aromatic rings. The lowest BCUT2D eigenvalue weighted by Gasteiger charge is -2.36. The Morgan fingerprint density at radius 2 is 2.00 bits per heavy atom. The normalized spacial score (nSPS) is 24.1. The van der Waals surface area contributed by atoms with E-state index in [9.17, 15) is 9.59 Å². The maximum Gasteiger partial charge on any atom is 0.250 e. The fourth-order valence-electron chi connectivity index (χ4n) is 1.92. The molecule has 6 heteroatoms. The zero-order valence-corrected chi connectivity index (χ0v) is 12.8. The Balaban J connectivity index is 2.46. The molecule has 0 aliphatic carbocycles. The second-order valence-electron chi connectivity index (χ2n) is 4.21. The first-order valence-corrected chi connectivity index (χ1v) is 6.96. The summed E-state index contributed by atoms with van der Waals surface area (Å²) in [4.78, 5) is 25.4. The predicted molar refractivity (Wildman–Crippen MR) is 78.7 cm³/mol. The number of carbonyl (C=O) groups is 2. The van der Waals surface area contributed by atoms with Gasteiger partial charge in [0, 0.05) is 3.57 Å². The van der Waals surface area contributed by atoms with E-state index >= 15 is 0 Å². The average molecular weight is 379 g/mol. The Labute approximate surface area is 124 Å². The number of carbonyl (C=O) groups excluding carboxylic acids is 2. The van der Waals surface area contributed by atoms with E-state index in [0.717, 1.165) is 3.57 Å². The molecule has 96 valence electrons. The molecule has 0 bridgehead atoms. The third-order valence-electron chi connectivity index (χ3n) is 2.90. The molecule has 1 N–H and O–H groups in total. The van der Waals surface area contributed by atoms with Gasteiger partial charge in [0.25, 0.3) is 0 Å². The summed E-state index contributed by atoms with van der Waals surface area (Å²) in [6.07, 6.45) is 0. The molecule has 2 unspecified atom stereocenters. The molecule has 1 aliphatic rings. The van der Waals surface area contributed by atoms with Gasteiger partial charge in [-0.25, -0.2) is 0 Å². The first-order valence-electron chi connectivity index (χ1n) is 5.50. The lowest BCUT2D eigenvalue weighted by atomic mass is 10.1. The predicted octanol–water partition coefficient (Wildman–Crippen LogP) is 2.18. The molecule has 18 heavy (non-hydrogen) atoms. The van der Waals surface area contributed by atoms with E-state index in [1.54, 1.807) is 26.0 Å². The highest BCUT2D eigenvalue weighted by Gasteiger charge is 2.37. The number of piperazine rings is 1. The van der Waals surface area contributed by atoms with Crippen LogP contribution < -0.4 is 10.2 Å². The number of hydrogen-bond acceptors (Lipinski definition) is 2. The molecule has 1 aliphatic heterocycles. The number of rotatable bonds is 1. The smallest absolute Gasteiger partial charge is 0.250 e. The molecule has 0 spiro atoms. The van der Waals surface area contributed by atoms with Gasteiger partial charge < -0.3 is 5.32 Å². The van der Waals surface area contributed by atoms with E-state index in [1.165, 1.54) is 4.90 Å². The van der Waals surface area contributed by atoms with Gasteiger partial charge in [-0.1, -0.05) is 11.6 Å². The van der Waals surface area contributed by atoms with Crippen LogP contribution in [0.1, 0.15) is 13.8 Å². The van der Waals surface area contributed by atoms with Crippen LogP contribution in [-0.4, -0.2) is 23.9 Å². The molecule has 0 radical (unpaired) electrons. The Morgan fingerprint density at radius 1 is 1.33 bits per heavy atom. The summed E-state index contributed by atoms with van der Waals surface area (Å²) >= 11 is 8.30. The fourth-order valence-corrected chi connectivity index (χ4v) is 2.86. The molecular formula is C12H12ClIN2O2. The number of amides is 2. The van der Waals surface area contributed by atoms with Crippen molar-refractivity contribution < 1.29 is 9.59 Å². The highest BCUT2D eigenvalue weighted by atomic mass is 127. The number of hydrogen-bond donors (Lipinski definition) is 1. The maximum atomic E-state index is 12.2. The molecule has 4 nitrogen and oxygen atoms in total. The molecule has 0 aromatic heterocycles. The van der Waals surface area contributed by atoms with Crippen molar-refractivity contribution in [2.24, 2.45) is 0 Å². The average Bonchev–Trinajstić information content (AvgIpc) is 2.29. The van der Waals surface area contributed by atoms with Crippen molar-refractivity contribution in [2.45, 2.75) is 25.9 Å². The van der Waals surface area contributed by atoms with Crippen LogP contribution in [0.2, 0.25) is 5.02 Å². The summed E-state index contributed by atoms with van der Waals surface area (Å²) in [5.74, 6) is -0.318. The maximum absolute atomic E-state index is 12.2. The van der Waals surface area contributed by atoms with E-state index in [1.807, 2.05) is 6.07 Å². The van der Waals surface area contributed by atoms with Crippen LogP contribution in [-0.2, 0) is 9.59 Å². The van der Waals surface area contributed by atoms with Gasteiger partial charge in [-0.15, -0.1) is 0 Å². The highest BCUT2D eigenvalue weighted by molar-refractivity contribution is 14.1. The second kappa shape index (κ2) is 5.05. The number of benzene rings is 1. The van der Waals surface area contributed by atoms with Gasteiger partial charge in [0.15, 0.2) is 0 Å². The molecule has 1 saturated heterocycles. The molecule has 2 amide bonds. The molecule has 1 aromatic carbocycles. The summed E-state index contributed by atoms with van der Waals surface area (Å²) in [6, 6.07) is 4.33. The number of nitrogens with zero attached hydrogens (tertiary/aromatic N) is 1. The Bertz CT molecular complexity index is 521. The first-order chi connectivity index (χ1) is 8.41. The van der Waals surface area contributed by atoms with E-state index in [-0.39, 0.29) is 11.8 Å². The van der Waals surface area contributed by atoms with Crippen molar-refractivity contribution in [2.75, 3.05) is 4.90 Å². The van der Waals surface area contributed by atoms with E-state index in [0.29, 0.717) is 10.7 Å². The van der Waals surface area contributed by atoms with Crippen molar-refractivity contribution in [3.8, 4) is 0 Å². The Morgan fingerprint density at radius 3 is 2.61 bits per heavy atom. The first kappa shape index (κ1) is 13.6. The van der Waals surface area contributed by atoms with Gasteiger partial charge in [-0.05, 0) is 54.6 Å². The highest BCUT2D eigenvalue weighted by Crippen LogP contribution is 2.30. The standard InChI is InChI=1S/C12H12ClIN2O2/c1-6-12(18)16(7(2)11(17)15-6)10-4-3-8(14)5-9(10)13/h3-7H,1-2H3,(H,15,17). The van der Waals surface area contributed by atoms with Gasteiger partial charge >= 0.3 is 0 Å². The van der Waals surface area contributed by atoms with E-state index in [2.05, 4.69) is 27.9 Å². The SMILES string of the molecule is CC1NC(=O)C(C)N(c2ccc(I)cc2Cl)C1=O. The van der Waals surface area contributed by atoms with Crippen LogP contribution in [0.4, 0.5) is 5.69 Å². The van der Waals surface area contributed by atoms with E-state index < -0.39 is 12.1 Å². The molecule has 2 rings (SSSR count). The van der Waals surface area contributed by atoms with Crippen molar-refractivity contribution in [3.63, 3.8) is 0 Å². The van der Waals surface area contributed by atoms with Gasteiger partial charge in [0.2, 0.25) is 11.8 Å². The minimum Gasteiger partial charge on any atom is -0.343 e. The summed E-state index contributed by atoms with van der Waals surface area (Å²) in [6.45, 7) is 3.35. The van der Waals surface area contributed by atoms with Gasteiger partial charge in [0.05, 0.1) is 10.7 Å². The fraction of sp³-hybridized carbons (Fsp3) is 0.333. The lowest BCUT2D eigenvalue weighted by Crippen LogP contribution is -2.61. The van der Waals surface area contributed by atoms with Gasteiger partial charge in [-0.3, -0.25) is 14.5 Å². The van der Waals surface area contributed by atoms with Crippen molar-refractivity contribution >= 4 is 51.7 Å². The summed E-state index contributed by atoms with van der Waals surface area (Å²) < 4.78 is 0.982. The van der Waals surface area contributed by atoms with Crippen LogP contribution in [0.5, 0.6) is 0 Å². The third-order valence-corrected chi connectivity index (χ3v) is 3.88. The van der Waals surface area contributed by atoms with Gasteiger partial charge in [0.1, 0.15) is 12.1 Å². The molecule has 1 fully saturated rings. The van der Waals surface area contributed by atoms with Gasteiger partial charge in [-0.2, -0.15) is 0 Å². The van der Waals surface area contributed by atoms with Crippen LogP contribution >= 0.6 is 34.2 Å². The third kappa shape index (κ3) is 2.33. The zero-order valence-electron chi connectivity index (χ0n) is 9.91. The zero-order chi connectivity index (χ0) is 13.4. The van der Waals surface area contributed by atoms with Crippen LogP contribution in [0.15, 0.2) is 18.2 Å². The Hall–Kier alpha value is -0.820. The lowest BCUT2D eigenvalue weighted by molar-refractivity contribution is -0.133. The minimum atomic E-state index is -0.550. The largest absolute Gasteiger partial charge is 0.343 e. The van der Waals surface area contributed by atoms with Crippen molar-refractivity contribution in [1.29, 1.82) is 0 Å². The molecule has 2 atom stereocenters. The van der Waals surface area contributed by atoms with E-state index in [4.69, 9.17) is 11.6 Å². The van der Waals surface area contributed by atoms with Crippen LogP contribution in [0, 0.1) is 3.57 Å². The number of nitrogens with one attached hydrogen (secondary N) is 1. The monoisotopic (exact) mass is 378 g/mol. The summed E-state index contributed by atoms with van der Waals surface area (Å²) in [5.41, 5.74) is 0.580. The molecule has 0 saturated carbocycles. The second-order valence-corrected chi connectivity index (χ2v) is 5.86. The Kier molecular flexibility index (Phi) is 3.82. The van der Waals surface area contributed by atoms with Crippen LogP contribution in [0.3, 0.4) is 0 Å². The molecular weight excluding hydrogens is 367 g/mol. The summed E-state index contributed by atoms with van der Waals surface area (Å²) in [5, 5.41) is 3.11. The van der Waals surface area contributed by atoms with Crippen molar-refractivity contribution in [3.05, 3.63) is 26.8 Å². The minimum absolute atomic E-state index is 0.148. The van der Waals surface area contributed by atoms with Crippen molar-refractivity contribution in [1.82, 2.24) is 5.32 Å².